The molecule has 0 radical (unpaired) electrons. The lowest BCUT2D eigenvalue weighted by Crippen LogP contribution is -2.35. The monoisotopic (exact) mass is 486 g/mol. The Hall–Kier alpha value is -1.18. The Morgan fingerprint density at radius 1 is 0.886 bits per heavy atom. The molecule has 3 nitrogen and oxygen atoms in total. The number of hydrogen-bond donors (Lipinski definition) is 1. The zero-order valence-corrected chi connectivity index (χ0v) is 23.9. The van der Waals surface area contributed by atoms with Gasteiger partial charge in [0, 0.05) is 6.61 Å². The SMILES string of the molecule is CC1CCC[C@]2(C)C([C@@H](C)CCO)=CC[C@@H]12.CCC[C@H](C)C1=CC[C@H]2C(C)CCC[C@]12C.O=C=O. The topological polar surface area (TPSA) is 54.4 Å². The van der Waals surface area contributed by atoms with E-state index in [4.69, 9.17) is 14.7 Å². The second-order valence-corrected chi connectivity index (χ2v) is 12.8. The Kier molecular flexibility index (Phi) is 11.5. The molecule has 0 amide bonds. The molecule has 4 rings (SSSR count). The van der Waals surface area contributed by atoms with Crippen LogP contribution < -0.4 is 0 Å². The van der Waals surface area contributed by atoms with Gasteiger partial charge in [-0.2, -0.15) is 9.59 Å². The Morgan fingerprint density at radius 3 is 1.66 bits per heavy atom. The van der Waals surface area contributed by atoms with Gasteiger partial charge in [-0.05, 0) is 84.9 Å². The van der Waals surface area contributed by atoms with Gasteiger partial charge in [-0.3, -0.25) is 0 Å². The van der Waals surface area contributed by atoms with Crippen LogP contribution in [0.25, 0.3) is 0 Å². The minimum Gasteiger partial charge on any atom is -0.396 e. The molecule has 0 heterocycles. The predicted molar refractivity (Wildman–Crippen MR) is 145 cm³/mol. The highest BCUT2D eigenvalue weighted by Crippen LogP contribution is 2.58. The molecule has 200 valence electrons. The van der Waals surface area contributed by atoms with Gasteiger partial charge in [0.25, 0.3) is 0 Å². The van der Waals surface area contributed by atoms with E-state index in [-0.39, 0.29) is 6.15 Å². The number of allylic oxidation sites excluding steroid dienone is 4. The first kappa shape index (κ1) is 30.0. The van der Waals surface area contributed by atoms with E-state index in [2.05, 4.69) is 60.6 Å². The summed E-state index contributed by atoms with van der Waals surface area (Å²) in [4.78, 5) is 16.2. The van der Waals surface area contributed by atoms with Crippen molar-refractivity contribution in [3.05, 3.63) is 23.3 Å². The number of aliphatic hydroxyl groups excluding tert-OH is 1. The Bertz CT molecular complexity index is 703. The highest BCUT2D eigenvalue weighted by molar-refractivity contribution is 5.26. The molecule has 0 aromatic heterocycles. The molecule has 4 aliphatic rings. The first-order valence-electron chi connectivity index (χ1n) is 14.6. The van der Waals surface area contributed by atoms with Crippen molar-refractivity contribution in [3.63, 3.8) is 0 Å². The molecule has 3 heteroatoms. The smallest absolute Gasteiger partial charge is 0.373 e. The first-order chi connectivity index (χ1) is 16.6. The summed E-state index contributed by atoms with van der Waals surface area (Å²) in [5.41, 5.74) is 4.47. The average molecular weight is 487 g/mol. The fourth-order valence-electron chi connectivity index (χ4n) is 8.75. The second kappa shape index (κ2) is 13.4. The van der Waals surface area contributed by atoms with Crippen molar-refractivity contribution >= 4 is 6.15 Å². The van der Waals surface area contributed by atoms with Crippen molar-refractivity contribution in [1.82, 2.24) is 0 Å². The van der Waals surface area contributed by atoms with Crippen LogP contribution in [0.4, 0.5) is 0 Å². The maximum absolute atomic E-state index is 9.10. The van der Waals surface area contributed by atoms with E-state index in [1.54, 1.807) is 5.57 Å². The second-order valence-electron chi connectivity index (χ2n) is 12.8. The van der Waals surface area contributed by atoms with E-state index >= 15 is 0 Å². The molecular weight excluding hydrogens is 432 g/mol. The summed E-state index contributed by atoms with van der Waals surface area (Å²) in [6, 6.07) is 0. The van der Waals surface area contributed by atoms with E-state index in [1.807, 2.05) is 5.57 Å². The molecule has 0 spiro atoms. The zero-order chi connectivity index (χ0) is 26.2. The molecular formula is C32H54O3. The summed E-state index contributed by atoms with van der Waals surface area (Å²) in [5.74, 6) is 5.05. The van der Waals surface area contributed by atoms with Crippen LogP contribution in [0, 0.1) is 46.3 Å². The van der Waals surface area contributed by atoms with Crippen molar-refractivity contribution in [2.75, 3.05) is 6.61 Å². The van der Waals surface area contributed by atoms with Gasteiger partial charge in [0.05, 0.1) is 0 Å². The minimum atomic E-state index is 0.250. The van der Waals surface area contributed by atoms with E-state index in [1.165, 1.54) is 64.2 Å². The summed E-state index contributed by atoms with van der Waals surface area (Å²) < 4.78 is 0. The van der Waals surface area contributed by atoms with E-state index < -0.39 is 0 Å². The van der Waals surface area contributed by atoms with Crippen molar-refractivity contribution in [2.45, 2.75) is 119 Å². The third-order valence-corrected chi connectivity index (χ3v) is 10.6. The molecule has 0 bridgehead atoms. The molecule has 2 fully saturated rings. The highest BCUT2D eigenvalue weighted by atomic mass is 16.3. The summed E-state index contributed by atoms with van der Waals surface area (Å²) in [5, 5.41) is 9.10. The van der Waals surface area contributed by atoms with Crippen LogP contribution in [0.15, 0.2) is 23.3 Å². The molecule has 2 unspecified atom stereocenters. The summed E-state index contributed by atoms with van der Waals surface area (Å²) in [6.45, 7) is 17.3. The normalized spacial score (nSPS) is 37.1. The van der Waals surface area contributed by atoms with Crippen molar-refractivity contribution in [3.8, 4) is 0 Å². The number of aliphatic hydroxyl groups is 1. The van der Waals surface area contributed by atoms with Gasteiger partial charge in [0.15, 0.2) is 0 Å². The molecule has 2 saturated carbocycles. The van der Waals surface area contributed by atoms with Gasteiger partial charge in [0.2, 0.25) is 0 Å². The van der Waals surface area contributed by atoms with Gasteiger partial charge in [-0.25, -0.2) is 0 Å². The maximum atomic E-state index is 9.10. The molecule has 1 N–H and O–H groups in total. The lowest BCUT2D eigenvalue weighted by atomic mass is 9.60. The Labute approximate surface area is 216 Å². The van der Waals surface area contributed by atoms with Crippen LogP contribution in [-0.2, 0) is 9.59 Å². The van der Waals surface area contributed by atoms with Crippen LogP contribution >= 0.6 is 0 Å². The molecule has 8 atom stereocenters. The standard InChI is InChI=1S/C16H28.C15H26O.CO2/c1-5-7-12(2)14-9-10-15-13(3)8-6-11-16(14,15)4;1-11-5-4-9-15(3)13(11)6-7-14(15)12(2)8-10-16;2-1-3/h9,12-13,15H,5-8,10-11H2,1-4H3;7,11-13,16H,4-6,8-10H2,1-3H3;/t12-,13?,15-,16+;11?,12-,13-,15-;/m00./s1. The third kappa shape index (κ3) is 6.58. The van der Waals surface area contributed by atoms with Crippen molar-refractivity contribution < 1.29 is 14.7 Å². The summed E-state index contributed by atoms with van der Waals surface area (Å²) in [6.07, 6.45) is 20.1. The predicted octanol–water partition coefficient (Wildman–Crippen LogP) is 8.39. The van der Waals surface area contributed by atoms with Gasteiger partial charge < -0.3 is 5.11 Å². The quantitative estimate of drug-likeness (QED) is 0.383. The fraction of sp³-hybridized carbons (Fsp3) is 0.844. The van der Waals surface area contributed by atoms with Crippen LogP contribution in [-0.4, -0.2) is 17.9 Å². The van der Waals surface area contributed by atoms with Gasteiger partial charge in [-0.15, -0.1) is 0 Å². The Balaban J connectivity index is 0.000000222. The lowest BCUT2D eigenvalue weighted by molar-refractivity contribution is -0.191. The van der Waals surface area contributed by atoms with Crippen LogP contribution in [0.1, 0.15) is 119 Å². The van der Waals surface area contributed by atoms with Crippen molar-refractivity contribution in [2.24, 2.45) is 46.3 Å². The number of rotatable bonds is 6. The summed E-state index contributed by atoms with van der Waals surface area (Å²) >= 11 is 0. The van der Waals surface area contributed by atoms with Crippen LogP contribution in [0.3, 0.4) is 0 Å². The molecule has 0 aliphatic heterocycles. The van der Waals surface area contributed by atoms with E-state index in [9.17, 15) is 0 Å². The van der Waals surface area contributed by atoms with Gasteiger partial charge >= 0.3 is 6.15 Å². The minimum absolute atomic E-state index is 0.250. The molecule has 0 aromatic rings. The number of fused-ring (bicyclic) bond motifs is 2. The number of hydrogen-bond acceptors (Lipinski definition) is 3. The van der Waals surface area contributed by atoms with Gasteiger partial charge in [-0.1, -0.05) is 104 Å². The lowest BCUT2D eigenvalue weighted by Gasteiger charge is -2.44. The van der Waals surface area contributed by atoms with Crippen LogP contribution in [0.5, 0.6) is 0 Å². The Morgan fingerprint density at radius 2 is 1.29 bits per heavy atom. The average Bonchev–Trinajstić information content (AvgIpc) is 3.34. The maximum Gasteiger partial charge on any atom is 0.373 e. The van der Waals surface area contributed by atoms with E-state index in [0.29, 0.717) is 23.4 Å². The highest BCUT2D eigenvalue weighted by Gasteiger charge is 2.47. The largest absolute Gasteiger partial charge is 0.396 e. The molecule has 0 aromatic carbocycles. The zero-order valence-electron chi connectivity index (χ0n) is 23.9. The van der Waals surface area contributed by atoms with E-state index in [0.717, 1.165) is 36.0 Å². The fourth-order valence-corrected chi connectivity index (χ4v) is 8.75. The van der Waals surface area contributed by atoms with Crippen molar-refractivity contribution in [1.29, 1.82) is 0 Å². The molecule has 0 saturated heterocycles. The molecule has 35 heavy (non-hydrogen) atoms. The third-order valence-electron chi connectivity index (χ3n) is 10.6. The first-order valence-corrected chi connectivity index (χ1v) is 14.6. The number of carbonyl (C=O) groups excluding carboxylic acids is 2. The summed E-state index contributed by atoms with van der Waals surface area (Å²) in [7, 11) is 0. The van der Waals surface area contributed by atoms with Gasteiger partial charge in [0.1, 0.15) is 0 Å². The molecule has 4 aliphatic carbocycles. The van der Waals surface area contributed by atoms with Crippen LogP contribution in [0.2, 0.25) is 0 Å².